The van der Waals surface area contributed by atoms with Gasteiger partial charge in [-0.25, -0.2) is 9.89 Å². The van der Waals surface area contributed by atoms with Gasteiger partial charge < -0.3 is 5.11 Å². The number of aromatic nitrogens is 3. The summed E-state index contributed by atoms with van der Waals surface area (Å²) in [4.78, 5) is 15.7. The molecule has 0 aliphatic rings. The molecule has 6 nitrogen and oxygen atoms in total. The molecule has 19 heavy (non-hydrogen) atoms. The van der Waals surface area contributed by atoms with Crippen LogP contribution in [0.25, 0.3) is 0 Å². The largest absolute Gasteiger partial charge is 0.396 e. The normalized spacial score (nSPS) is 12.8. The highest BCUT2D eigenvalue weighted by atomic mass is 16.3. The zero-order chi connectivity index (χ0) is 13.7. The highest BCUT2D eigenvalue weighted by Crippen LogP contribution is 2.23. The van der Waals surface area contributed by atoms with Crippen molar-refractivity contribution in [2.24, 2.45) is 0 Å². The van der Waals surface area contributed by atoms with Gasteiger partial charge >= 0.3 is 5.69 Å². The minimum absolute atomic E-state index is 0.0893. The lowest BCUT2D eigenvalue weighted by atomic mass is 10.0. The minimum atomic E-state index is -0.304. The Kier molecular flexibility index (Phi) is 4.48. The molecular weight excluding hydrogens is 244 g/mol. The zero-order valence-electron chi connectivity index (χ0n) is 10.8. The fourth-order valence-corrected chi connectivity index (χ4v) is 2.17. The van der Waals surface area contributed by atoms with Gasteiger partial charge in [-0.15, -0.1) is 0 Å². The van der Waals surface area contributed by atoms with Crippen molar-refractivity contribution in [1.82, 2.24) is 20.1 Å². The number of hydrogen-bond donors (Lipinski definition) is 3. The summed E-state index contributed by atoms with van der Waals surface area (Å²) in [5, 5.41) is 15.5. The van der Waals surface area contributed by atoms with E-state index in [9.17, 15) is 9.90 Å². The molecule has 1 aromatic carbocycles. The van der Waals surface area contributed by atoms with Crippen LogP contribution in [0.15, 0.2) is 35.1 Å². The van der Waals surface area contributed by atoms with E-state index in [2.05, 4.69) is 20.1 Å². The number of hydrogen-bond acceptors (Lipinski definition) is 4. The molecule has 1 heterocycles. The summed E-state index contributed by atoms with van der Waals surface area (Å²) >= 11 is 0. The van der Waals surface area contributed by atoms with Crippen LogP contribution in [0.2, 0.25) is 0 Å². The molecule has 1 aromatic heterocycles. The van der Waals surface area contributed by atoms with Crippen LogP contribution in [-0.4, -0.2) is 38.8 Å². The second-order valence-corrected chi connectivity index (χ2v) is 4.48. The molecule has 0 fully saturated rings. The molecule has 1 atom stereocenters. The Bertz CT molecular complexity index is 549. The van der Waals surface area contributed by atoms with Crippen LogP contribution < -0.4 is 5.69 Å². The lowest BCUT2D eigenvalue weighted by Gasteiger charge is -2.27. The van der Waals surface area contributed by atoms with Gasteiger partial charge in [0.1, 0.15) is 5.82 Å². The first-order chi connectivity index (χ1) is 9.20. The fourth-order valence-electron chi connectivity index (χ4n) is 2.17. The maximum Gasteiger partial charge on any atom is 0.340 e. The maximum atomic E-state index is 11.0. The molecule has 6 heteroatoms. The number of aliphatic hydroxyl groups excluding tert-OH is 1. The summed E-state index contributed by atoms with van der Waals surface area (Å²) in [5.74, 6) is 0.589. The smallest absolute Gasteiger partial charge is 0.340 e. The first kappa shape index (κ1) is 13.5. The van der Waals surface area contributed by atoms with Gasteiger partial charge in [0.25, 0.3) is 0 Å². The van der Waals surface area contributed by atoms with Crippen LogP contribution in [0.3, 0.4) is 0 Å². The SMILES string of the molecule is CN(Cc1n[nH]c(=O)[nH]1)C(CCO)c1ccccc1. The summed E-state index contributed by atoms with van der Waals surface area (Å²) in [6.07, 6.45) is 0.634. The van der Waals surface area contributed by atoms with Crippen LogP contribution in [-0.2, 0) is 6.54 Å². The van der Waals surface area contributed by atoms with Crippen LogP contribution in [0.1, 0.15) is 23.9 Å². The third-order valence-electron chi connectivity index (χ3n) is 3.07. The number of H-pyrrole nitrogens is 2. The lowest BCUT2D eigenvalue weighted by molar-refractivity contribution is 0.177. The highest BCUT2D eigenvalue weighted by Gasteiger charge is 2.17. The molecule has 2 rings (SSSR count). The van der Waals surface area contributed by atoms with Crippen molar-refractivity contribution in [3.63, 3.8) is 0 Å². The van der Waals surface area contributed by atoms with Crippen molar-refractivity contribution in [1.29, 1.82) is 0 Å². The molecule has 0 radical (unpaired) electrons. The van der Waals surface area contributed by atoms with Gasteiger partial charge in [-0.05, 0) is 19.0 Å². The monoisotopic (exact) mass is 262 g/mol. The van der Waals surface area contributed by atoms with E-state index in [1.165, 1.54) is 0 Å². The fraction of sp³-hybridized carbons (Fsp3) is 0.385. The summed E-state index contributed by atoms with van der Waals surface area (Å²) < 4.78 is 0. The van der Waals surface area contributed by atoms with Gasteiger partial charge in [0.05, 0.1) is 6.54 Å². The zero-order valence-corrected chi connectivity index (χ0v) is 10.8. The van der Waals surface area contributed by atoms with Crippen molar-refractivity contribution < 1.29 is 5.11 Å². The summed E-state index contributed by atoms with van der Waals surface area (Å²) in [5.41, 5.74) is 0.832. The second kappa shape index (κ2) is 6.31. The van der Waals surface area contributed by atoms with Gasteiger partial charge in [0.2, 0.25) is 0 Å². The Morgan fingerprint density at radius 2 is 2.11 bits per heavy atom. The first-order valence-electron chi connectivity index (χ1n) is 6.20. The molecule has 3 N–H and O–H groups in total. The van der Waals surface area contributed by atoms with Gasteiger partial charge in [-0.1, -0.05) is 30.3 Å². The van der Waals surface area contributed by atoms with Crippen molar-refractivity contribution in [2.75, 3.05) is 13.7 Å². The molecule has 0 amide bonds. The van der Waals surface area contributed by atoms with Crippen molar-refractivity contribution in [3.8, 4) is 0 Å². The van der Waals surface area contributed by atoms with Gasteiger partial charge in [0, 0.05) is 12.6 Å². The topological polar surface area (TPSA) is 85.0 Å². The van der Waals surface area contributed by atoms with E-state index in [0.29, 0.717) is 18.8 Å². The highest BCUT2D eigenvalue weighted by molar-refractivity contribution is 5.19. The molecule has 1 unspecified atom stereocenters. The van der Waals surface area contributed by atoms with Gasteiger partial charge in [-0.2, -0.15) is 5.10 Å². The third-order valence-corrected chi connectivity index (χ3v) is 3.07. The molecule has 0 bridgehead atoms. The van der Waals surface area contributed by atoms with Gasteiger partial charge in [-0.3, -0.25) is 9.88 Å². The molecule has 0 saturated carbocycles. The Morgan fingerprint density at radius 1 is 1.37 bits per heavy atom. The average molecular weight is 262 g/mol. The van der Waals surface area contributed by atoms with E-state index in [1.807, 2.05) is 37.4 Å². The molecule has 0 saturated heterocycles. The Balaban J connectivity index is 2.12. The van der Waals surface area contributed by atoms with E-state index in [1.54, 1.807) is 0 Å². The predicted octanol–water partition coefficient (Wildman–Crippen LogP) is 0.653. The number of rotatable bonds is 6. The predicted molar refractivity (Wildman–Crippen MR) is 71.6 cm³/mol. The van der Waals surface area contributed by atoms with E-state index >= 15 is 0 Å². The number of aliphatic hydroxyl groups is 1. The summed E-state index contributed by atoms with van der Waals surface area (Å²) in [6.45, 7) is 0.624. The van der Waals surface area contributed by atoms with E-state index in [4.69, 9.17) is 0 Å². The minimum Gasteiger partial charge on any atom is -0.396 e. The first-order valence-corrected chi connectivity index (χ1v) is 6.20. The van der Waals surface area contributed by atoms with Crippen molar-refractivity contribution in [2.45, 2.75) is 19.0 Å². The van der Waals surface area contributed by atoms with Crippen LogP contribution in [0.5, 0.6) is 0 Å². The number of benzene rings is 1. The van der Waals surface area contributed by atoms with Crippen LogP contribution in [0.4, 0.5) is 0 Å². The molecule has 0 aliphatic heterocycles. The summed E-state index contributed by atoms with van der Waals surface area (Å²) in [7, 11) is 1.94. The number of aromatic amines is 2. The average Bonchev–Trinajstić information content (AvgIpc) is 2.82. The molecule has 0 aliphatic carbocycles. The van der Waals surface area contributed by atoms with Crippen LogP contribution >= 0.6 is 0 Å². The third kappa shape index (κ3) is 3.52. The van der Waals surface area contributed by atoms with E-state index in [-0.39, 0.29) is 18.3 Å². The summed E-state index contributed by atoms with van der Waals surface area (Å²) in [6, 6.07) is 10.1. The maximum absolute atomic E-state index is 11.0. The molecule has 2 aromatic rings. The molecule has 0 spiro atoms. The van der Waals surface area contributed by atoms with E-state index in [0.717, 1.165) is 5.56 Å². The van der Waals surface area contributed by atoms with Crippen molar-refractivity contribution in [3.05, 3.63) is 52.2 Å². The molecular formula is C13H18N4O2. The Morgan fingerprint density at radius 3 is 2.68 bits per heavy atom. The Labute approximate surface area is 111 Å². The second-order valence-electron chi connectivity index (χ2n) is 4.48. The number of nitrogens with zero attached hydrogens (tertiary/aromatic N) is 2. The number of nitrogens with one attached hydrogen (secondary N) is 2. The lowest BCUT2D eigenvalue weighted by Crippen LogP contribution is -2.25. The van der Waals surface area contributed by atoms with E-state index < -0.39 is 0 Å². The quantitative estimate of drug-likeness (QED) is 0.713. The molecule has 102 valence electrons. The van der Waals surface area contributed by atoms with Crippen molar-refractivity contribution >= 4 is 0 Å². The van der Waals surface area contributed by atoms with Gasteiger partial charge in [0.15, 0.2) is 0 Å². The van der Waals surface area contributed by atoms with Crippen LogP contribution in [0, 0.1) is 0 Å². The standard InChI is InChI=1S/C13H18N4O2/c1-17(9-12-14-13(19)16-15-12)11(7-8-18)10-5-3-2-4-6-10/h2-6,11,18H,7-9H2,1H3,(H2,14,15,16,19). The Hall–Kier alpha value is -1.92.